The summed E-state index contributed by atoms with van der Waals surface area (Å²) in [6.45, 7) is 11.1. The van der Waals surface area contributed by atoms with E-state index in [1.807, 2.05) is 84.0 Å². The van der Waals surface area contributed by atoms with Crippen molar-refractivity contribution < 1.29 is 18.0 Å². The summed E-state index contributed by atoms with van der Waals surface area (Å²) in [7, 11) is -4.09. The zero-order chi connectivity index (χ0) is 29.4. The van der Waals surface area contributed by atoms with Crippen LogP contribution in [-0.2, 0) is 26.0 Å². The first kappa shape index (κ1) is 30.9. The molecule has 1 atom stereocenters. The van der Waals surface area contributed by atoms with E-state index < -0.39 is 28.5 Å². The van der Waals surface area contributed by atoms with Crippen molar-refractivity contribution in [3.05, 3.63) is 95.1 Å². The van der Waals surface area contributed by atoms with E-state index in [1.54, 1.807) is 30.3 Å². The van der Waals surface area contributed by atoms with Gasteiger partial charge in [-0.2, -0.15) is 0 Å². The van der Waals surface area contributed by atoms with Gasteiger partial charge in [-0.3, -0.25) is 13.9 Å². The molecule has 0 saturated carbocycles. The van der Waals surface area contributed by atoms with Gasteiger partial charge in [0.15, 0.2) is 0 Å². The van der Waals surface area contributed by atoms with Gasteiger partial charge in [-0.1, -0.05) is 67.1 Å². The molecular formula is C32H41N3O4S. The smallest absolute Gasteiger partial charge is 0.264 e. The Morgan fingerprint density at radius 1 is 0.875 bits per heavy atom. The van der Waals surface area contributed by atoms with E-state index in [2.05, 4.69) is 5.32 Å². The number of amides is 2. The van der Waals surface area contributed by atoms with E-state index in [4.69, 9.17) is 0 Å². The van der Waals surface area contributed by atoms with Gasteiger partial charge in [0.2, 0.25) is 11.8 Å². The lowest BCUT2D eigenvalue weighted by molar-refractivity contribution is -0.139. The third-order valence-corrected chi connectivity index (χ3v) is 8.60. The van der Waals surface area contributed by atoms with Crippen LogP contribution >= 0.6 is 0 Å². The Kier molecular flexibility index (Phi) is 10.5. The second kappa shape index (κ2) is 13.6. The van der Waals surface area contributed by atoms with Gasteiger partial charge >= 0.3 is 0 Å². The van der Waals surface area contributed by atoms with Gasteiger partial charge < -0.3 is 10.2 Å². The lowest BCUT2D eigenvalue weighted by atomic mass is 10.1. The lowest BCUT2D eigenvalue weighted by Crippen LogP contribution is -2.54. The molecule has 0 aliphatic heterocycles. The van der Waals surface area contributed by atoms with Crippen molar-refractivity contribution in [2.45, 2.75) is 71.4 Å². The van der Waals surface area contributed by atoms with Crippen LogP contribution in [0, 0.1) is 20.8 Å². The zero-order valence-corrected chi connectivity index (χ0v) is 25.2. The first-order valence-electron chi connectivity index (χ1n) is 13.7. The third-order valence-electron chi connectivity index (χ3n) is 6.82. The average molecular weight is 564 g/mol. The highest BCUT2D eigenvalue weighted by molar-refractivity contribution is 7.92. The predicted octanol–water partition coefficient (Wildman–Crippen LogP) is 5.18. The molecule has 40 heavy (non-hydrogen) atoms. The Morgan fingerprint density at radius 2 is 1.50 bits per heavy atom. The molecule has 7 nitrogen and oxygen atoms in total. The van der Waals surface area contributed by atoms with Crippen LogP contribution in [0.25, 0.3) is 0 Å². The minimum Gasteiger partial charge on any atom is -0.352 e. The number of anilines is 1. The maximum atomic E-state index is 14.1. The van der Waals surface area contributed by atoms with E-state index in [-0.39, 0.29) is 23.4 Å². The van der Waals surface area contributed by atoms with E-state index in [1.165, 1.54) is 9.21 Å². The van der Waals surface area contributed by atoms with Crippen LogP contribution in [0.4, 0.5) is 5.69 Å². The summed E-state index contributed by atoms with van der Waals surface area (Å²) in [4.78, 5) is 29.0. The highest BCUT2D eigenvalue weighted by atomic mass is 32.2. The largest absolute Gasteiger partial charge is 0.352 e. The number of sulfonamides is 1. The number of nitrogens with zero attached hydrogens (tertiary/aromatic N) is 2. The third kappa shape index (κ3) is 7.72. The molecule has 214 valence electrons. The molecule has 0 saturated heterocycles. The van der Waals surface area contributed by atoms with Crippen molar-refractivity contribution in [2.75, 3.05) is 17.4 Å². The Labute approximate surface area is 239 Å². The van der Waals surface area contributed by atoms with Gasteiger partial charge in [-0.25, -0.2) is 8.42 Å². The number of hydrogen-bond acceptors (Lipinski definition) is 4. The van der Waals surface area contributed by atoms with Crippen LogP contribution in [0.1, 0.15) is 49.4 Å². The van der Waals surface area contributed by atoms with Gasteiger partial charge in [-0.05, 0) is 82.3 Å². The number of hydrogen-bond donors (Lipinski definition) is 1. The molecule has 8 heteroatoms. The summed E-state index contributed by atoms with van der Waals surface area (Å²) < 4.78 is 29.3. The molecule has 3 rings (SSSR count). The normalized spacial score (nSPS) is 12.2. The van der Waals surface area contributed by atoms with Gasteiger partial charge in [0.05, 0.1) is 10.6 Å². The summed E-state index contributed by atoms with van der Waals surface area (Å²) in [6.07, 6.45) is 0.930. The SMILES string of the molecule is CC[C@H](C(=O)NC(C)C)N(CCc1ccccc1)C(=O)CN(c1cc(C)ccc1C)S(=O)(=O)c1ccc(C)cc1. The first-order chi connectivity index (χ1) is 18.9. The Bertz CT molecular complexity index is 1400. The number of nitrogens with one attached hydrogen (secondary N) is 1. The maximum absolute atomic E-state index is 14.1. The zero-order valence-electron chi connectivity index (χ0n) is 24.3. The second-order valence-corrected chi connectivity index (χ2v) is 12.4. The molecule has 2 amide bonds. The van der Waals surface area contributed by atoms with E-state index in [0.29, 0.717) is 18.5 Å². The number of carbonyl (C=O) groups excluding carboxylic acids is 2. The summed E-state index contributed by atoms with van der Waals surface area (Å²) >= 11 is 0. The molecule has 0 spiro atoms. The number of rotatable bonds is 12. The summed E-state index contributed by atoms with van der Waals surface area (Å²) in [6, 6.07) is 21.1. The summed E-state index contributed by atoms with van der Waals surface area (Å²) in [5.41, 5.74) is 4.01. The van der Waals surface area contributed by atoms with E-state index in [0.717, 1.165) is 22.3 Å². The molecule has 0 aromatic heterocycles. The quantitative estimate of drug-likeness (QED) is 0.329. The number of benzene rings is 3. The number of aryl methyl sites for hydroxylation is 3. The van der Waals surface area contributed by atoms with Crippen molar-refractivity contribution in [1.29, 1.82) is 0 Å². The van der Waals surface area contributed by atoms with Crippen LogP contribution in [0.15, 0.2) is 77.7 Å². The van der Waals surface area contributed by atoms with Crippen molar-refractivity contribution in [2.24, 2.45) is 0 Å². The summed E-state index contributed by atoms with van der Waals surface area (Å²) in [5.74, 6) is -0.683. The van der Waals surface area contributed by atoms with Gasteiger partial charge in [0.25, 0.3) is 10.0 Å². The van der Waals surface area contributed by atoms with Crippen molar-refractivity contribution >= 4 is 27.5 Å². The maximum Gasteiger partial charge on any atom is 0.264 e. The van der Waals surface area contributed by atoms with Gasteiger partial charge in [-0.15, -0.1) is 0 Å². The molecule has 0 heterocycles. The number of carbonyl (C=O) groups is 2. The molecule has 0 fully saturated rings. The lowest BCUT2D eigenvalue weighted by Gasteiger charge is -2.34. The highest BCUT2D eigenvalue weighted by Crippen LogP contribution is 2.28. The standard InChI is InChI=1S/C32H41N3O4S/c1-7-29(32(37)33-23(2)3)34(20-19-27-11-9-8-10-12-27)31(36)22-35(30-21-25(5)13-16-26(30)6)40(38,39)28-17-14-24(4)15-18-28/h8-18,21,23,29H,7,19-20,22H2,1-6H3,(H,33,37)/t29-/m1/s1. The van der Waals surface area contributed by atoms with Crippen LogP contribution in [0.2, 0.25) is 0 Å². The molecular weight excluding hydrogens is 522 g/mol. The van der Waals surface area contributed by atoms with Crippen molar-refractivity contribution in [3.8, 4) is 0 Å². The highest BCUT2D eigenvalue weighted by Gasteiger charge is 2.34. The monoisotopic (exact) mass is 563 g/mol. The van der Waals surface area contributed by atoms with Gasteiger partial charge in [0.1, 0.15) is 12.6 Å². The van der Waals surface area contributed by atoms with E-state index >= 15 is 0 Å². The van der Waals surface area contributed by atoms with E-state index in [9.17, 15) is 18.0 Å². The topological polar surface area (TPSA) is 86.8 Å². The fourth-order valence-corrected chi connectivity index (χ4v) is 6.09. The molecule has 0 radical (unpaired) electrons. The predicted molar refractivity (Wildman–Crippen MR) is 161 cm³/mol. The molecule has 1 N–H and O–H groups in total. The van der Waals surface area contributed by atoms with Crippen molar-refractivity contribution in [3.63, 3.8) is 0 Å². The fraction of sp³-hybridized carbons (Fsp3) is 0.375. The molecule has 0 aliphatic carbocycles. The molecule has 0 unspecified atom stereocenters. The fourth-order valence-electron chi connectivity index (χ4n) is 4.62. The minimum atomic E-state index is -4.09. The molecule has 0 bridgehead atoms. The average Bonchev–Trinajstić information content (AvgIpc) is 2.91. The van der Waals surface area contributed by atoms with Gasteiger partial charge in [0, 0.05) is 12.6 Å². The first-order valence-corrected chi connectivity index (χ1v) is 15.2. The Morgan fingerprint density at radius 3 is 2.10 bits per heavy atom. The van der Waals surface area contributed by atoms with Crippen LogP contribution in [-0.4, -0.2) is 50.3 Å². The van der Waals surface area contributed by atoms with Crippen LogP contribution in [0.3, 0.4) is 0 Å². The van der Waals surface area contributed by atoms with Crippen molar-refractivity contribution in [1.82, 2.24) is 10.2 Å². The molecule has 0 aliphatic rings. The van der Waals surface area contributed by atoms with Crippen LogP contribution in [0.5, 0.6) is 0 Å². The Balaban J connectivity index is 2.05. The molecule has 3 aromatic rings. The second-order valence-electron chi connectivity index (χ2n) is 10.5. The molecule has 3 aromatic carbocycles. The van der Waals surface area contributed by atoms with Crippen LogP contribution < -0.4 is 9.62 Å². The summed E-state index contributed by atoms with van der Waals surface area (Å²) in [5, 5.41) is 2.93. The Hall–Kier alpha value is -3.65. The minimum absolute atomic E-state index is 0.0963.